The number of aliphatic hydroxyl groups is 1. The minimum absolute atomic E-state index is 0.0137. The molecule has 1 saturated carbocycles. The van der Waals surface area contributed by atoms with Crippen molar-refractivity contribution in [2.45, 2.75) is 44.7 Å². The maximum absolute atomic E-state index is 12.4. The summed E-state index contributed by atoms with van der Waals surface area (Å²) in [6.45, 7) is 0. The number of aromatic nitrogens is 1. The second kappa shape index (κ2) is 12.7. The first-order valence-corrected chi connectivity index (χ1v) is 8.71. The van der Waals surface area contributed by atoms with Crippen LogP contribution in [0.25, 0.3) is 10.9 Å². The van der Waals surface area contributed by atoms with E-state index in [-0.39, 0.29) is 11.2 Å². The van der Waals surface area contributed by atoms with Gasteiger partial charge >= 0.3 is 6.18 Å². The van der Waals surface area contributed by atoms with Gasteiger partial charge in [-0.25, -0.2) is 4.98 Å². The second-order valence-corrected chi connectivity index (χ2v) is 5.81. The van der Waals surface area contributed by atoms with Crippen LogP contribution in [0.3, 0.4) is 0 Å². The van der Waals surface area contributed by atoms with Crippen LogP contribution in [-0.2, 0) is 6.18 Å². The molecule has 26 heavy (non-hydrogen) atoms. The summed E-state index contributed by atoms with van der Waals surface area (Å²) in [5.41, 5.74) is 9.22. The van der Waals surface area contributed by atoms with E-state index in [4.69, 9.17) is 22.4 Å². The standard InChI is InChI=1S/C10H6ClF3N2.C6H12.CH5N.CH4O/c11-5-1-2-8-6(3-5)7(15)4-9(16-8)10(12,13)14;1-2-4-6-5-3-1;2*1-2/h1-4H,(H2,15,16);1-6H2;2H2,1H3;2H,1H3. The average Bonchev–Trinajstić information content (AvgIpc) is 2.66. The maximum atomic E-state index is 12.4. The van der Waals surface area contributed by atoms with Crippen molar-refractivity contribution in [3.05, 3.63) is 35.0 Å². The Morgan fingerprint density at radius 2 is 1.42 bits per heavy atom. The molecule has 8 heteroatoms. The van der Waals surface area contributed by atoms with E-state index in [0.717, 1.165) is 13.2 Å². The number of benzene rings is 1. The molecule has 2 aromatic rings. The Labute approximate surface area is 157 Å². The van der Waals surface area contributed by atoms with Crippen molar-refractivity contribution >= 4 is 28.2 Å². The van der Waals surface area contributed by atoms with Crippen molar-refractivity contribution in [3.8, 4) is 0 Å². The smallest absolute Gasteiger partial charge is 0.400 e. The fraction of sp³-hybridized carbons (Fsp3) is 0.500. The third-order valence-corrected chi connectivity index (χ3v) is 3.83. The van der Waals surface area contributed by atoms with Crippen LogP contribution < -0.4 is 11.5 Å². The average molecular weight is 394 g/mol. The number of nitrogens with two attached hydrogens (primary N) is 2. The molecule has 1 aliphatic rings. The molecule has 1 heterocycles. The number of hydrogen-bond donors (Lipinski definition) is 3. The van der Waals surface area contributed by atoms with Crippen molar-refractivity contribution in [3.63, 3.8) is 0 Å². The van der Waals surface area contributed by atoms with Gasteiger partial charge in [0.15, 0.2) is 0 Å². The molecule has 0 spiro atoms. The maximum Gasteiger partial charge on any atom is 0.433 e. The molecule has 1 aliphatic carbocycles. The van der Waals surface area contributed by atoms with Crippen molar-refractivity contribution in [2.24, 2.45) is 5.73 Å². The SMILES string of the molecule is C1CCCCC1.CN.CO.Nc1cc(C(F)(F)F)nc2ccc(Cl)cc12. The van der Waals surface area contributed by atoms with E-state index < -0.39 is 11.9 Å². The van der Waals surface area contributed by atoms with Crippen LogP contribution in [0.5, 0.6) is 0 Å². The van der Waals surface area contributed by atoms with Crippen LogP contribution in [0.4, 0.5) is 18.9 Å². The highest BCUT2D eigenvalue weighted by atomic mass is 35.5. The van der Waals surface area contributed by atoms with Gasteiger partial charge in [-0.15, -0.1) is 0 Å². The van der Waals surface area contributed by atoms with Crippen LogP contribution in [-0.4, -0.2) is 24.2 Å². The lowest BCUT2D eigenvalue weighted by Crippen LogP contribution is -2.09. The van der Waals surface area contributed by atoms with Crippen LogP contribution in [0.2, 0.25) is 5.02 Å². The third kappa shape index (κ3) is 8.21. The summed E-state index contributed by atoms with van der Waals surface area (Å²) < 4.78 is 37.3. The number of pyridine rings is 1. The Bertz CT molecular complexity index is 636. The van der Waals surface area contributed by atoms with E-state index in [9.17, 15) is 13.2 Å². The van der Waals surface area contributed by atoms with E-state index in [2.05, 4.69) is 10.7 Å². The monoisotopic (exact) mass is 393 g/mol. The van der Waals surface area contributed by atoms with Crippen molar-refractivity contribution in [2.75, 3.05) is 19.9 Å². The molecule has 0 saturated heterocycles. The zero-order chi connectivity index (χ0) is 20.2. The molecule has 0 bridgehead atoms. The zero-order valence-electron chi connectivity index (χ0n) is 15.1. The van der Waals surface area contributed by atoms with Gasteiger partial charge in [0.05, 0.1) is 5.52 Å². The molecule has 0 radical (unpaired) electrons. The summed E-state index contributed by atoms with van der Waals surface area (Å²) in [5, 5.41) is 7.82. The highest BCUT2D eigenvalue weighted by molar-refractivity contribution is 6.31. The van der Waals surface area contributed by atoms with Gasteiger partial charge in [-0.2, -0.15) is 13.2 Å². The first-order chi connectivity index (χ1) is 12.4. The molecule has 5 N–H and O–H groups in total. The number of hydrogen-bond acceptors (Lipinski definition) is 4. The van der Waals surface area contributed by atoms with E-state index in [0.29, 0.717) is 10.4 Å². The van der Waals surface area contributed by atoms with Crippen LogP contribution >= 0.6 is 11.6 Å². The minimum atomic E-state index is -4.50. The molecule has 0 amide bonds. The van der Waals surface area contributed by atoms with Gasteiger partial charge < -0.3 is 16.6 Å². The van der Waals surface area contributed by atoms with E-state index in [1.54, 1.807) is 0 Å². The molecule has 0 aliphatic heterocycles. The number of fused-ring (bicyclic) bond motifs is 1. The summed E-state index contributed by atoms with van der Waals surface area (Å²) in [5.74, 6) is 0. The first-order valence-electron chi connectivity index (χ1n) is 8.33. The zero-order valence-corrected chi connectivity index (χ0v) is 15.9. The predicted octanol–water partition coefficient (Wildman–Crippen LogP) is 5.01. The van der Waals surface area contributed by atoms with Gasteiger partial charge in [0, 0.05) is 23.2 Å². The number of rotatable bonds is 0. The largest absolute Gasteiger partial charge is 0.433 e. The number of halogens is 4. The molecule has 3 rings (SSSR count). The number of nitrogens with zero attached hydrogens (tertiary/aromatic N) is 1. The van der Waals surface area contributed by atoms with Crippen molar-refractivity contribution in [1.82, 2.24) is 4.98 Å². The summed E-state index contributed by atoms with van der Waals surface area (Å²) >= 11 is 5.71. The Morgan fingerprint density at radius 3 is 1.85 bits per heavy atom. The lowest BCUT2D eigenvalue weighted by molar-refractivity contribution is -0.140. The molecule has 148 valence electrons. The minimum Gasteiger partial charge on any atom is -0.400 e. The molecule has 0 atom stereocenters. The van der Waals surface area contributed by atoms with Crippen LogP contribution in [0.1, 0.15) is 44.2 Å². The second-order valence-electron chi connectivity index (χ2n) is 5.38. The highest BCUT2D eigenvalue weighted by Crippen LogP contribution is 2.32. The van der Waals surface area contributed by atoms with E-state index in [1.807, 2.05) is 0 Å². The predicted molar refractivity (Wildman–Crippen MR) is 102 cm³/mol. The highest BCUT2D eigenvalue weighted by Gasteiger charge is 2.33. The Morgan fingerprint density at radius 1 is 0.962 bits per heavy atom. The molecular formula is C18H27ClF3N3O. The van der Waals surface area contributed by atoms with E-state index in [1.165, 1.54) is 63.8 Å². The molecular weight excluding hydrogens is 367 g/mol. The summed E-state index contributed by atoms with van der Waals surface area (Å²) in [7, 11) is 2.50. The van der Waals surface area contributed by atoms with E-state index >= 15 is 0 Å². The van der Waals surface area contributed by atoms with Gasteiger partial charge in [-0.1, -0.05) is 50.1 Å². The Balaban J connectivity index is 0.000000521. The number of alkyl halides is 3. The Hall–Kier alpha value is -1.57. The molecule has 1 fully saturated rings. The Kier molecular flexibility index (Phi) is 12.0. The molecule has 0 unspecified atom stereocenters. The third-order valence-electron chi connectivity index (χ3n) is 3.59. The van der Waals surface area contributed by atoms with Crippen molar-refractivity contribution < 1.29 is 18.3 Å². The van der Waals surface area contributed by atoms with Crippen molar-refractivity contribution in [1.29, 1.82) is 0 Å². The molecule has 4 nitrogen and oxygen atoms in total. The quantitative estimate of drug-likeness (QED) is 0.587. The van der Waals surface area contributed by atoms with Gasteiger partial charge in [0.2, 0.25) is 0 Å². The van der Waals surface area contributed by atoms with Crippen LogP contribution in [0.15, 0.2) is 24.3 Å². The normalized spacial score (nSPS) is 13.4. The molecule has 1 aromatic heterocycles. The fourth-order valence-corrected chi connectivity index (χ4v) is 2.60. The van der Waals surface area contributed by atoms with Gasteiger partial charge in [-0.05, 0) is 31.3 Å². The van der Waals surface area contributed by atoms with Gasteiger partial charge in [0.1, 0.15) is 5.69 Å². The summed E-state index contributed by atoms with van der Waals surface area (Å²) in [4.78, 5) is 3.48. The number of nitrogen functional groups attached to an aromatic ring is 1. The van der Waals surface area contributed by atoms with Crippen LogP contribution in [0, 0.1) is 0 Å². The first kappa shape index (κ1) is 24.4. The number of anilines is 1. The topological polar surface area (TPSA) is 85.2 Å². The van der Waals surface area contributed by atoms with Gasteiger partial charge in [-0.3, -0.25) is 0 Å². The number of aliphatic hydroxyl groups excluding tert-OH is 1. The summed E-state index contributed by atoms with van der Waals surface area (Å²) in [6.07, 6.45) is 4.50. The lowest BCUT2D eigenvalue weighted by Gasteiger charge is -2.09. The fourth-order valence-electron chi connectivity index (χ4n) is 2.43. The van der Waals surface area contributed by atoms with Gasteiger partial charge in [0.25, 0.3) is 0 Å². The lowest BCUT2D eigenvalue weighted by atomic mass is 10.0. The summed E-state index contributed by atoms with van der Waals surface area (Å²) in [6, 6.07) is 5.16. The molecule has 1 aromatic carbocycles.